The molecule has 6 heteroatoms. The fourth-order valence-electron chi connectivity index (χ4n) is 1.83. The number of ether oxygens (including phenoxy) is 1. The molecule has 0 fully saturated rings. The zero-order chi connectivity index (χ0) is 15.0. The van der Waals surface area contributed by atoms with Gasteiger partial charge in [0.25, 0.3) is 0 Å². The van der Waals surface area contributed by atoms with E-state index in [-0.39, 0.29) is 5.75 Å². The smallest absolute Gasteiger partial charge is 0.406 e. The Balaban J connectivity index is 2.58. The maximum absolute atomic E-state index is 12.1. The molecule has 1 aromatic rings. The molecule has 0 spiro atoms. The van der Waals surface area contributed by atoms with Crippen LogP contribution in [0, 0.1) is 0 Å². The molecule has 0 N–H and O–H groups in total. The fourth-order valence-corrected chi connectivity index (χ4v) is 2.33. The molecule has 0 bridgehead atoms. The Bertz CT molecular complexity index is 381. The van der Waals surface area contributed by atoms with E-state index < -0.39 is 6.36 Å². The maximum atomic E-state index is 12.1. The highest BCUT2D eigenvalue weighted by Gasteiger charge is 2.30. The quantitative estimate of drug-likeness (QED) is 0.634. The van der Waals surface area contributed by atoms with Gasteiger partial charge in [-0.15, -0.1) is 13.2 Å². The first kappa shape index (κ1) is 17.3. The van der Waals surface area contributed by atoms with Gasteiger partial charge in [0.05, 0.1) is 0 Å². The van der Waals surface area contributed by atoms with Crippen molar-refractivity contribution in [3.63, 3.8) is 0 Å². The zero-order valence-electron chi connectivity index (χ0n) is 11.4. The van der Waals surface area contributed by atoms with E-state index in [1.165, 1.54) is 12.1 Å². The number of alkyl halides is 4. The molecule has 0 atom stereocenters. The minimum Gasteiger partial charge on any atom is -0.406 e. The van der Waals surface area contributed by atoms with Crippen molar-refractivity contribution < 1.29 is 17.9 Å². The van der Waals surface area contributed by atoms with Crippen molar-refractivity contribution in [1.29, 1.82) is 0 Å². The van der Waals surface area contributed by atoms with Crippen LogP contribution in [-0.2, 0) is 6.54 Å². The van der Waals surface area contributed by atoms with Gasteiger partial charge in [-0.1, -0.05) is 41.4 Å². The van der Waals surface area contributed by atoms with Gasteiger partial charge in [-0.2, -0.15) is 0 Å². The van der Waals surface area contributed by atoms with Crippen LogP contribution >= 0.6 is 15.9 Å². The minimum atomic E-state index is -4.63. The van der Waals surface area contributed by atoms with Crippen LogP contribution < -0.4 is 4.74 Å². The van der Waals surface area contributed by atoms with E-state index in [0.717, 1.165) is 43.4 Å². The van der Waals surface area contributed by atoms with E-state index in [1.807, 2.05) is 0 Å². The summed E-state index contributed by atoms with van der Waals surface area (Å²) in [5, 5.41) is 0.881. The van der Waals surface area contributed by atoms with Gasteiger partial charge in [0.2, 0.25) is 0 Å². The summed E-state index contributed by atoms with van der Waals surface area (Å²) in [6.07, 6.45) is -2.40. The summed E-state index contributed by atoms with van der Waals surface area (Å²) in [7, 11) is 0. The third-order valence-electron chi connectivity index (χ3n) is 2.79. The van der Waals surface area contributed by atoms with Gasteiger partial charge in [0, 0.05) is 18.4 Å². The van der Waals surface area contributed by atoms with Crippen molar-refractivity contribution in [3.8, 4) is 5.75 Å². The number of halogens is 4. The van der Waals surface area contributed by atoms with Gasteiger partial charge in [-0.05, 0) is 30.7 Å². The van der Waals surface area contributed by atoms with Crippen molar-refractivity contribution >= 4 is 15.9 Å². The lowest BCUT2D eigenvalue weighted by Crippen LogP contribution is -2.26. The molecule has 0 radical (unpaired) electrons. The third-order valence-corrected chi connectivity index (χ3v) is 3.15. The molecule has 1 rings (SSSR count). The summed E-state index contributed by atoms with van der Waals surface area (Å²) in [6.45, 7) is 4.77. The molecular weight excluding hydrogens is 335 g/mol. The van der Waals surface area contributed by atoms with E-state index in [9.17, 15) is 13.2 Å². The first-order valence-corrected chi connectivity index (χ1v) is 7.69. The molecule has 0 amide bonds. The number of benzene rings is 1. The molecule has 0 unspecified atom stereocenters. The molecule has 20 heavy (non-hydrogen) atoms. The largest absolute Gasteiger partial charge is 0.573 e. The average Bonchev–Trinajstić information content (AvgIpc) is 2.37. The minimum absolute atomic E-state index is 0.179. The normalized spacial score (nSPS) is 11.9. The predicted octanol–water partition coefficient (Wildman–Crippen LogP) is 4.58. The van der Waals surface area contributed by atoms with Crippen molar-refractivity contribution in [2.45, 2.75) is 32.7 Å². The summed E-state index contributed by atoms with van der Waals surface area (Å²) >= 11 is 3.41. The van der Waals surface area contributed by atoms with E-state index in [2.05, 4.69) is 32.5 Å². The van der Waals surface area contributed by atoms with Crippen LogP contribution in [0.4, 0.5) is 13.2 Å². The number of hydrogen-bond donors (Lipinski definition) is 0. The van der Waals surface area contributed by atoms with Crippen LogP contribution in [0.1, 0.15) is 25.3 Å². The SMILES string of the molecule is CCCCN(CCBr)Cc1ccc(OC(F)(F)F)cc1. The highest BCUT2D eigenvalue weighted by atomic mass is 79.9. The van der Waals surface area contributed by atoms with Crippen LogP contribution in [-0.4, -0.2) is 29.7 Å². The Morgan fingerprint density at radius 1 is 1.15 bits per heavy atom. The molecule has 114 valence electrons. The summed E-state index contributed by atoms with van der Waals surface area (Å²) in [5.41, 5.74) is 0.983. The Morgan fingerprint density at radius 2 is 1.80 bits per heavy atom. The van der Waals surface area contributed by atoms with E-state index in [1.54, 1.807) is 12.1 Å². The fraction of sp³-hybridized carbons (Fsp3) is 0.571. The van der Waals surface area contributed by atoms with Gasteiger partial charge >= 0.3 is 6.36 Å². The number of hydrogen-bond acceptors (Lipinski definition) is 2. The average molecular weight is 354 g/mol. The molecule has 1 aromatic carbocycles. The maximum Gasteiger partial charge on any atom is 0.573 e. The zero-order valence-corrected chi connectivity index (χ0v) is 13.0. The van der Waals surface area contributed by atoms with Crippen LogP contribution in [0.25, 0.3) is 0 Å². The molecular formula is C14H19BrF3NO. The molecule has 0 saturated carbocycles. The summed E-state index contributed by atoms with van der Waals surface area (Å²) in [4.78, 5) is 2.28. The third kappa shape index (κ3) is 7.14. The molecule has 2 nitrogen and oxygen atoms in total. The van der Waals surface area contributed by atoms with E-state index in [4.69, 9.17) is 0 Å². The lowest BCUT2D eigenvalue weighted by Gasteiger charge is -2.21. The van der Waals surface area contributed by atoms with Gasteiger partial charge in [-0.25, -0.2) is 0 Å². The summed E-state index contributed by atoms with van der Waals surface area (Å²) in [6, 6.07) is 6.06. The number of nitrogens with zero attached hydrogens (tertiary/aromatic N) is 1. The van der Waals surface area contributed by atoms with Crippen LogP contribution in [0.3, 0.4) is 0 Å². The highest BCUT2D eigenvalue weighted by Crippen LogP contribution is 2.23. The van der Waals surface area contributed by atoms with Crippen molar-refractivity contribution in [2.75, 3.05) is 18.4 Å². The lowest BCUT2D eigenvalue weighted by atomic mass is 10.2. The second kappa shape index (κ2) is 8.52. The topological polar surface area (TPSA) is 12.5 Å². The Labute approximate surface area is 126 Å². The van der Waals surface area contributed by atoms with Gasteiger partial charge in [0.1, 0.15) is 5.75 Å². The van der Waals surface area contributed by atoms with Crippen LogP contribution in [0.5, 0.6) is 5.75 Å². The number of rotatable bonds is 8. The predicted molar refractivity (Wildman–Crippen MR) is 77.1 cm³/mol. The van der Waals surface area contributed by atoms with Crippen molar-refractivity contribution in [1.82, 2.24) is 4.90 Å². The number of unbranched alkanes of at least 4 members (excludes halogenated alkanes) is 1. The Kier molecular flexibility index (Phi) is 7.37. The van der Waals surface area contributed by atoms with E-state index >= 15 is 0 Å². The Morgan fingerprint density at radius 3 is 2.30 bits per heavy atom. The van der Waals surface area contributed by atoms with Gasteiger partial charge in [-0.3, -0.25) is 4.90 Å². The lowest BCUT2D eigenvalue weighted by molar-refractivity contribution is -0.274. The van der Waals surface area contributed by atoms with Gasteiger partial charge in [0.15, 0.2) is 0 Å². The molecule has 0 aliphatic carbocycles. The molecule has 0 saturated heterocycles. The summed E-state index contributed by atoms with van der Waals surface area (Å²) in [5.74, 6) is -0.179. The summed E-state index contributed by atoms with van der Waals surface area (Å²) < 4.78 is 40.0. The van der Waals surface area contributed by atoms with Crippen molar-refractivity contribution in [3.05, 3.63) is 29.8 Å². The molecule has 0 aliphatic rings. The molecule has 0 heterocycles. The van der Waals surface area contributed by atoms with Crippen molar-refractivity contribution in [2.24, 2.45) is 0 Å². The monoisotopic (exact) mass is 353 g/mol. The standard InChI is InChI=1S/C14H19BrF3NO/c1-2-3-9-19(10-8-15)11-12-4-6-13(7-5-12)20-14(16,17)18/h4-7H,2-3,8-11H2,1H3. The second-order valence-electron chi connectivity index (χ2n) is 4.51. The van der Waals surface area contributed by atoms with E-state index in [0.29, 0.717) is 0 Å². The molecule has 0 aliphatic heterocycles. The highest BCUT2D eigenvalue weighted by molar-refractivity contribution is 9.09. The van der Waals surface area contributed by atoms with Gasteiger partial charge < -0.3 is 4.74 Å². The van der Waals surface area contributed by atoms with Crippen LogP contribution in [0.2, 0.25) is 0 Å². The Hall–Kier alpha value is -0.750. The first-order chi connectivity index (χ1) is 9.44. The first-order valence-electron chi connectivity index (χ1n) is 6.57. The second-order valence-corrected chi connectivity index (χ2v) is 5.30. The molecule has 0 aromatic heterocycles. The van der Waals surface area contributed by atoms with Crippen LogP contribution in [0.15, 0.2) is 24.3 Å².